The van der Waals surface area contributed by atoms with Crippen molar-refractivity contribution in [2.45, 2.75) is 0 Å². The summed E-state index contributed by atoms with van der Waals surface area (Å²) in [7, 11) is 0. The zero-order valence-electron chi connectivity index (χ0n) is 13.3. The molecule has 0 spiro atoms. The summed E-state index contributed by atoms with van der Waals surface area (Å²) in [6, 6.07) is 0. The lowest BCUT2D eigenvalue weighted by Gasteiger charge is -2.08. The highest BCUT2D eigenvalue weighted by Crippen LogP contribution is 1.84. The summed E-state index contributed by atoms with van der Waals surface area (Å²) in [4.78, 5) is 22.8. The molecule has 0 aromatic heterocycles. The van der Waals surface area contributed by atoms with Crippen LogP contribution in [0.4, 0.5) is 0 Å². The second kappa shape index (κ2) is 14.3. The highest BCUT2D eigenvalue weighted by Gasteiger charge is 2.05. The fourth-order valence-electron chi connectivity index (χ4n) is 1.63. The van der Waals surface area contributed by atoms with Gasteiger partial charge in [0.1, 0.15) is 13.2 Å². The quantitative estimate of drug-likeness (QED) is 0.545. The molecule has 1 rings (SSSR count). The van der Waals surface area contributed by atoms with Crippen molar-refractivity contribution in [1.29, 1.82) is 0 Å². The van der Waals surface area contributed by atoms with E-state index in [0.717, 1.165) is 0 Å². The Kier molecular flexibility index (Phi) is 12.3. The van der Waals surface area contributed by atoms with Gasteiger partial charge in [-0.25, -0.2) is 0 Å². The number of carbonyl (C=O) groups is 2. The molecule has 23 heavy (non-hydrogen) atoms. The molecule has 0 saturated carbocycles. The van der Waals surface area contributed by atoms with E-state index in [1.165, 1.54) is 0 Å². The summed E-state index contributed by atoms with van der Waals surface area (Å²) in [5, 5.41) is 5.25. The van der Waals surface area contributed by atoms with Crippen molar-refractivity contribution < 1.29 is 33.3 Å². The van der Waals surface area contributed by atoms with E-state index in [1.807, 2.05) is 0 Å². The standard InChI is InChI=1S/C14H26N2O7/c17-13-11-23-12-14(18)16-2-4-20-6-8-22-10-9-21-7-5-19-3-1-15-13/h1-12H2,(H,15,17)(H,16,18). The van der Waals surface area contributed by atoms with Gasteiger partial charge in [-0.15, -0.1) is 0 Å². The largest absolute Gasteiger partial charge is 0.377 e. The van der Waals surface area contributed by atoms with E-state index in [1.54, 1.807) is 0 Å². The van der Waals surface area contributed by atoms with Gasteiger partial charge in [-0.05, 0) is 0 Å². The van der Waals surface area contributed by atoms with Gasteiger partial charge in [0, 0.05) is 13.1 Å². The van der Waals surface area contributed by atoms with Crippen LogP contribution in [0.25, 0.3) is 0 Å². The molecule has 9 heteroatoms. The topological polar surface area (TPSA) is 104 Å². The predicted molar refractivity (Wildman–Crippen MR) is 80.1 cm³/mol. The molecule has 134 valence electrons. The Hall–Kier alpha value is -1.26. The van der Waals surface area contributed by atoms with Crippen molar-refractivity contribution in [3.8, 4) is 0 Å². The first-order valence-electron chi connectivity index (χ1n) is 7.71. The number of carbonyl (C=O) groups excluding carboxylic acids is 2. The van der Waals surface area contributed by atoms with Crippen LogP contribution in [0.2, 0.25) is 0 Å². The van der Waals surface area contributed by atoms with Crippen LogP contribution in [0.15, 0.2) is 0 Å². The van der Waals surface area contributed by atoms with Crippen LogP contribution < -0.4 is 10.6 Å². The molecule has 0 radical (unpaired) electrons. The number of ether oxygens (including phenoxy) is 5. The van der Waals surface area contributed by atoms with Crippen molar-refractivity contribution in [3.63, 3.8) is 0 Å². The van der Waals surface area contributed by atoms with Crippen LogP contribution in [0, 0.1) is 0 Å². The summed E-state index contributed by atoms with van der Waals surface area (Å²) in [5.74, 6) is -0.576. The molecule has 1 heterocycles. The average Bonchev–Trinajstić information content (AvgIpc) is 2.53. The SMILES string of the molecule is O=C1COCC(=O)NCCOCCOCCOCCOCCN1. The van der Waals surface area contributed by atoms with Gasteiger partial charge >= 0.3 is 0 Å². The highest BCUT2D eigenvalue weighted by molar-refractivity contribution is 5.79. The van der Waals surface area contributed by atoms with E-state index < -0.39 is 0 Å². The van der Waals surface area contributed by atoms with E-state index in [-0.39, 0.29) is 25.0 Å². The maximum Gasteiger partial charge on any atom is 0.246 e. The van der Waals surface area contributed by atoms with Crippen LogP contribution in [0.5, 0.6) is 0 Å². The Morgan fingerprint density at radius 3 is 1.26 bits per heavy atom. The number of hydrogen-bond acceptors (Lipinski definition) is 7. The van der Waals surface area contributed by atoms with Gasteiger partial charge in [0.05, 0.1) is 52.9 Å². The Balaban J connectivity index is 2.18. The molecule has 0 bridgehead atoms. The van der Waals surface area contributed by atoms with Crippen LogP contribution in [-0.4, -0.2) is 91.0 Å². The lowest BCUT2D eigenvalue weighted by atomic mass is 10.5. The maximum atomic E-state index is 11.4. The van der Waals surface area contributed by atoms with E-state index in [0.29, 0.717) is 65.9 Å². The van der Waals surface area contributed by atoms with Crippen LogP contribution in [0.1, 0.15) is 0 Å². The lowest BCUT2D eigenvalue weighted by Crippen LogP contribution is -2.34. The van der Waals surface area contributed by atoms with E-state index in [4.69, 9.17) is 23.7 Å². The third-order valence-corrected chi connectivity index (χ3v) is 2.72. The molecule has 0 aromatic rings. The molecule has 0 aromatic carbocycles. The van der Waals surface area contributed by atoms with Crippen LogP contribution in [0.3, 0.4) is 0 Å². The van der Waals surface area contributed by atoms with Gasteiger partial charge in [-0.3, -0.25) is 9.59 Å². The van der Waals surface area contributed by atoms with Crippen LogP contribution >= 0.6 is 0 Å². The van der Waals surface area contributed by atoms with Crippen molar-refractivity contribution in [3.05, 3.63) is 0 Å². The molecular weight excluding hydrogens is 308 g/mol. The minimum absolute atomic E-state index is 0.162. The Labute approximate surface area is 135 Å². The second-order valence-corrected chi connectivity index (χ2v) is 4.64. The van der Waals surface area contributed by atoms with Gasteiger partial charge in [0.25, 0.3) is 0 Å². The molecule has 9 nitrogen and oxygen atoms in total. The van der Waals surface area contributed by atoms with Crippen molar-refractivity contribution >= 4 is 11.8 Å². The second-order valence-electron chi connectivity index (χ2n) is 4.64. The highest BCUT2D eigenvalue weighted by atomic mass is 16.6. The van der Waals surface area contributed by atoms with Gasteiger partial charge in [-0.1, -0.05) is 0 Å². The van der Waals surface area contributed by atoms with Gasteiger partial charge in [-0.2, -0.15) is 0 Å². The number of amides is 2. The summed E-state index contributed by atoms with van der Waals surface area (Å²) in [6.07, 6.45) is 0. The third kappa shape index (κ3) is 12.9. The first-order chi connectivity index (χ1) is 11.3. The number of hydrogen-bond donors (Lipinski definition) is 2. The average molecular weight is 334 g/mol. The number of rotatable bonds is 0. The minimum atomic E-state index is -0.288. The fraction of sp³-hybridized carbons (Fsp3) is 0.857. The molecule has 0 unspecified atom stereocenters. The zero-order chi connectivity index (χ0) is 16.6. The van der Waals surface area contributed by atoms with Gasteiger partial charge in [0.2, 0.25) is 11.8 Å². The smallest absolute Gasteiger partial charge is 0.246 e. The van der Waals surface area contributed by atoms with Crippen molar-refractivity contribution in [2.24, 2.45) is 0 Å². The molecule has 1 saturated heterocycles. The first-order valence-corrected chi connectivity index (χ1v) is 7.71. The Morgan fingerprint density at radius 2 is 0.870 bits per heavy atom. The maximum absolute atomic E-state index is 11.4. The van der Waals surface area contributed by atoms with Crippen LogP contribution in [-0.2, 0) is 33.3 Å². The van der Waals surface area contributed by atoms with Gasteiger partial charge in [0.15, 0.2) is 0 Å². The molecule has 2 amide bonds. The zero-order valence-corrected chi connectivity index (χ0v) is 13.3. The molecular formula is C14H26N2O7. The van der Waals surface area contributed by atoms with E-state index in [2.05, 4.69) is 10.6 Å². The summed E-state index contributed by atoms with van der Waals surface area (Å²) >= 11 is 0. The fourth-order valence-corrected chi connectivity index (χ4v) is 1.63. The monoisotopic (exact) mass is 334 g/mol. The number of nitrogens with one attached hydrogen (secondary N) is 2. The first kappa shape index (κ1) is 19.8. The van der Waals surface area contributed by atoms with Crippen molar-refractivity contribution in [2.75, 3.05) is 79.2 Å². The predicted octanol–water partition coefficient (Wildman–Crippen LogP) is -1.68. The molecule has 1 aliphatic heterocycles. The van der Waals surface area contributed by atoms with Gasteiger partial charge < -0.3 is 34.3 Å². The summed E-state index contributed by atoms with van der Waals surface area (Å²) in [5.41, 5.74) is 0. The summed E-state index contributed by atoms with van der Waals surface area (Å²) < 4.78 is 26.2. The minimum Gasteiger partial charge on any atom is -0.377 e. The molecule has 2 N–H and O–H groups in total. The normalized spacial score (nSPS) is 22.4. The third-order valence-electron chi connectivity index (χ3n) is 2.72. The molecule has 0 atom stereocenters. The van der Waals surface area contributed by atoms with E-state index >= 15 is 0 Å². The Morgan fingerprint density at radius 1 is 0.522 bits per heavy atom. The lowest BCUT2D eigenvalue weighted by molar-refractivity contribution is -0.131. The molecule has 1 aliphatic rings. The Bertz CT molecular complexity index is 298. The summed E-state index contributed by atoms with van der Waals surface area (Å²) in [6.45, 7) is 4.08. The molecule has 0 aliphatic carbocycles. The molecule has 1 fully saturated rings. The van der Waals surface area contributed by atoms with Crippen molar-refractivity contribution in [1.82, 2.24) is 10.6 Å². The van der Waals surface area contributed by atoms with E-state index in [9.17, 15) is 9.59 Å².